The molecular weight excluding hydrogens is 404 g/mol. The van der Waals surface area contributed by atoms with Crippen LogP contribution < -0.4 is 4.90 Å². The predicted molar refractivity (Wildman–Crippen MR) is 118 cm³/mol. The Balaban J connectivity index is 1.59. The summed E-state index contributed by atoms with van der Waals surface area (Å²) in [6.07, 6.45) is 0.347. The van der Waals surface area contributed by atoms with Crippen molar-refractivity contribution in [2.45, 2.75) is 31.7 Å². The van der Waals surface area contributed by atoms with E-state index in [1.165, 1.54) is 9.80 Å². The molecule has 6 heteroatoms. The number of anilines is 1. The Morgan fingerprint density at radius 1 is 0.844 bits per heavy atom. The van der Waals surface area contributed by atoms with Crippen LogP contribution in [0.3, 0.4) is 0 Å². The smallest absolute Gasteiger partial charge is 0.354 e. The topological polar surface area (TPSA) is 66.9 Å². The molecule has 2 aliphatic rings. The van der Waals surface area contributed by atoms with E-state index in [1.807, 2.05) is 60.7 Å². The van der Waals surface area contributed by atoms with Crippen LogP contribution in [-0.4, -0.2) is 28.3 Å². The van der Waals surface area contributed by atoms with Crippen molar-refractivity contribution in [3.05, 3.63) is 102 Å². The number of para-hydroxylation sites is 1. The fourth-order valence-electron chi connectivity index (χ4n) is 4.57. The second-order valence-corrected chi connectivity index (χ2v) is 8.00. The van der Waals surface area contributed by atoms with Gasteiger partial charge in [-0.05, 0) is 23.3 Å². The Hall–Kier alpha value is -3.93. The minimum atomic E-state index is -1.51. The molecule has 2 aliphatic heterocycles. The predicted octanol–water partition coefficient (Wildman–Crippen LogP) is 3.91. The average molecular weight is 426 g/mol. The summed E-state index contributed by atoms with van der Waals surface area (Å²) in [5, 5.41) is 0. The van der Waals surface area contributed by atoms with Gasteiger partial charge in [-0.1, -0.05) is 72.8 Å². The van der Waals surface area contributed by atoms with Gasteiger partial charge in [0.15, 0.2) is 0 Å². The normalized spacial score (nSPS) is 19.5. The van der Waals surface area contributed by atoms with E-state index >= 15 is 0 Å². The van der Waals surface area contributed by atoms with Crippen LogP contribution in [0.15, 0.2) is 84.9 Å². The van der Waals surface area contributed by atoms with E-state index in [1.54, 1.807) is 24.3 Å². The Bertz CT molecular complexity index is 1180. The first-order chi connectivity index (χ1) is 15.6. The summed E-state index contributed by atoms with van der Waals surface area (Å²) in [7, 11) is 0. The SMILES string of the molecule is O=C1c2ccccc2N2C(=O)CCC2(C(=O)OCc2ccccc2)N1Cc1ccccc1. The van der Waals surface area contributed by atoms with E-state index in [4.69, 9.17) is 4.74 Å². The highest BCUT2D eigenvalue weighted by Crippen LogP contribution is 2.45. The molecule has 160 valence electrons. The van der Waals surface area contributed by atoms with Gasteiger partial charge in [0, 0.05) is 19.4 Å². The van der Waals surface area contributed by atoms with Gasteiger partial charge in [0.05, 0.1) is 11.3 Å². The number of benzene rings is 3. The fourth-order valence-corrected chi connectivity index (χ4v) is 4.57. The lowest BCUT2D eigenvalue weighted by molar-refractivity contribution is -0.159. The summed E-state index contributed by atoms with van der Waals surface area (Å²) in [4.78, 5) is 43.3. The molecule has 0 saturated carbocycles. The zero-order valence-corrected chi connectivity index (χ0v) is 17.4. The third-order valence-corrected chi connectivity index (χ3v) is 6.10. The molecule has 0 spiro atoms. The standard InChI is InChI=1S/C26H22N2O4/c29-23-15-16-26(25(31)32-18-20-11-5-2-6-12-20)27(17-19-9-3-1-4-10-19)24(30)21-13-7-8-14-22(21)28(23)26/h1-14H,15-18H2. The number of hydrogen-bond donors (Lipinski definition) is 0. The number of carbonyl (C=O) groups excluding carboxylic acids is 3. The molecule has 32 heavy (non-hydrogen) atoms. The van der Waals surface area contributed by atoms with Crippen LogP contribution in [0.2, 0.25) is 0 Å². The molecule has 2 heterocycles. The van der Waals surface area contributed by atoms with Gasteiger partial charge < -0.3 is 9.64 Å². The second-order valence-electron chi connectivity index (χ2n) is 8.00. The van der Waals surface area contributed by atoms with E-state index in [9.17, 15) is 14.4 Å². The fraction of sp³-hybridized carbons (Fsp3) is 0.192. The van der Waals surface area contributed by atoms with Crippen molar-refractivity contribution in [2.75, 3.05) is 4.90 Å². The maximum atomic E-state index is 13.7. The van der Waals surface area contributed by atoms with Gasteiger partial charge in [0.1, 0.15) is 6.61 Å². The highest BCUT2D eigenvalue weighted by Gasteiger charge is 2.61. The number of fused-ring (bicyclic) bond motifs is 3. The first-order valence-electron chi connectivity index (χ1n) is 10.6. The first kappa shape index (κ1) is 20.0. The largest absolute Gasteiger partial charge is 0.458 e. The lowest BCUT2D eigenvalue weighted by atomic mass is 9.95. The minimum Gasteiger partial charge on any atom is -0.458 e. The van der Waals surface area contributed by atoms with Crippen molar-refractivity contribution in [3.63, 3.8) is 0 Å². The van der Waals surface area contributed by atoms with E-state index < -0.39 is 11.6 Å². The molecule has 0 bridgehead atoms. The van der Waals surface area contributed by atoms with Crippen LogP contribution in [0.5, 0.6) is 0 Å². The van der Waals surface area contributed by atoms with E-state index in [2.05, 4.69) is 0 Å². The van der Waals surface area contributed by atoms with Crippen LogP contribution in [0.1, 0.15) is 34.3 Å². The Kier molecular flexibility index (Phi) is 4.98. The van der Waals surface area contributed by atoms with E-state index in [-0.39, 0.29) is 37.8 Å². The number of esters is 1. The molecule has 3 aromatic carbocycles. The Morgan fingerprint density at radius 3 is 2.19 bits per heavy atom. The number of hydrogen-bond acceptors (Lipinski definition) is 4. The monoisotopic (exact) mass is 426 g/mol. The molecule has 0 N–H and O–H groups in total. The van der Waals surface area contributed by atoms with Crippen LogP contribution in [0, 0.1) is 0 Å². The van der Waals surface area contributed by atoms with Crippen LogP contribution in [0.4, 0.5) is 5.69 Å². The molecule has 0 aliphatic carbocycles. The quantitative estimate of drug-likeness (QED) is 0.580. The summed E-state index contributed by atoms with van der Waals surface area (Å²) in [6, 6.07) is 25.8. The molecule has 1 atom stereocenters. The highest BCUT2D eigenvalue weighted by atomic mass is 16.5. The molecule has 5 rings (SSSR count). The Morgan fingerprint density at radius 2 is 1.47 bits per heavy atom. The molecule has 1 unspecified atom stereocenters. The lowest BCUT2D eigenvalue weighted by Crippen LogP contribution is -2.68. The number of ether oxygens (including phenoxy) is 1. The van der Waals surface area contributed by atoms with Crippen molar-refractivity contribution in [1.29, 1.82) is 0 Å². The molecule has 3 aromatic rings. The summed E-state index contributed by atoms with van der Waals surface area (Å²) in [5.74, 6) is -1.07. The maximum absolute atomic E-state index is 13.7. The average Bonchev–Trinajstić information content (AvgIpc) is 3.20. The van der Waals surface area contributed by atoms with Crippen molar-refractivity contribution < 1.29 is 19.1 Å². The zero-order chi connectivity index (χ0) is 22.1. The van der Waals surface area contributed by atoms with Crippen molar-refractivity contribution in [1.82, 2.24) is 4.90 Å². The minimum absolute atomic E-state index is 0.0679. The number of nitrogens with zero attached hydrogens (tertiary/aromatic N) is 2. The van der Waals surface area contributed by atoms with E-state index in [0.717, 1.165) is 11.1 Å². The van der Waals surface area contributed by atoms with Gasteiger partial charge in [0.2, 0.25) is 11.6 Å². The first-order valence-corrected chi connectivity index (χ1v) is 10.6. The van der Waals surface area contributed by atoms with Crippen LogP contribution in [-0.2, 0) is 27.5 Å². The van der Waals surface area contributed by atoms with Gasteiger partial charge in [-0.15, -0.1) is 0 Å². The number of amides is 2. The molecule has 6 nitrogen and oxygen atoms in total. The third-order valence-electron chi connectivity index (χ3n) is 6.10. The number of rotatable bonds is 5. The summed E-state index contributed by atoms with van der Waals surface area (Å²) in [6.45, 7) is 0.261. The van der Waals surface area contributed by atoms with Gasteiger partial charge in [-0.2, -0.15) is 0 Å². The zero-order valence-electron chi connectivity index (χ0n) is 17.4. The number of carbonyl (C=O) groups is 3. The second kappa shape index (κ2) is 7.96. The third kappa shape index (κ3) is 3.15. The van der Waals surface area contributed by atoms with Crippen molar-refractivity contribution in [3.8, 4) is 0 Å². The van der Waals surface area contributed by atoms with E-state index in [0.29, 0.717) is 11.3 Å². The van der Waals surface area contributed by atoms with Crippen LogP contribution in [0.25, 0.3) is 0 Å². The lowest BCUT2D eigenvalue weighted by Gasteiger charge is -2.48. The summed E-state index contributed by atoms with van der Waals surface area (Å²) in [5.41, 5.74) is 1.07. The maximum Gasteiger partial charge on any atom is 0.354 e. The van der Waals surface area contributed by atoms with Gasteiger partial charge in [0.25, 0.3) is 5.91 Å². The van der Waals surface area contributed by atoms with Gasteiger partial charge in [-0.25, -0.2) is 4.79 Å². The Labute approximate surface area is 186 Å². The summed E-state index contributed by atoms with van der Waals surface area (Å²) >= 11 is 0. The van der Waals surface area contributed by atoms with Crippen LogP contribution >= 0.6 is 0 Å². The molecule has 0 aromatic heterocycles. The molecule has 1 saturated heterocycles. The molecular formula is C26H22N2O4. The molecule has 0 radical (unpaired) electrons. The molecule has 2 amide bonds. The van der Waals surface area contributed by atoms with Crippen molar-refractivity contribution in [2.24, 2.45) is 0 Å². The summed E-state index contributed by atoms with van der Waals surface area (Å²) < 4.78 is 5.73. The van der Waals surface area contributed by atoms with Gasteiger partial charge in [-0.3, -0.25) is 14.5 Å². The molecule has 1 fully saturated rings. The highest BCUT2D eigenvalue weighted by molar-refractivity contribution is 6.15. The van der Waals surface area contributed by atoms with Gasteiger partial charge >= 0.3 is 5.97 Å². The van der Waals surface area contributed by atoms with Crippen molar-refractivity contribution >= 4 is 23.5 Å².